The molecular formula is C13H19NO2. The number of anilines is 1. The molecule has 2 rings (SSSR count). The average molecular weight is 221 g/mol. The molecule has 0 unspecified atom stereocenters. The monoisotopic (exact) mass is 221 g/mol. The van der Waals surface area contributed by atoms with Gasteiger partial charge in [0.1, 0.15) is 0 Å². The summed E-state index contributed by atoms with van der Waals surface area (Å²) in [6.07, 6.45) is 1.13. The van der Waals surface area contributed by atoms with Crippen molar-refractivity contribution in [1.29, 1.82) is 0 Å². The number of hydrogen-bond acceptors (Lipinski definition) is 3. The highest BCUT2D eigenvalue weighted by atomic mass is 16.5. The van der Waals surface area contributed by atoms with Crippen LogP contribution in [0.25, 0.3) is 0 Å². The van der Waals surface area contributed by atoms with Gasteiger partial charge in [0.25, 0.3) is 0 Å². The van der Waals surface area contributed by atoms with Gasteiger partial charge in [0.2, 0.25) is 0 Å². The van der Waals surface area contributed by atoms with Crippen LogP contribution in [0.5, 0.6) is 0 Å². The number of aliphatic hydroxyl groups excluding tert-OH is 1. The Morgan fingerprint density at radius 1 is 1.38 bits per heavy atom. The summed E-state index contributed by atoms with van der Waals surface area (Å²) >= 11 is 0. The first-order valence-corrected chi connectivity index (χ1v) is 5.84. The third kappa shape index (κ3) is 2.54. The molecule has 0 radical (unpaired) electrons. The minimum absolute atomic E-state index is 0.107. The van der Waals surface area contributed by atoms with E-state index < -0.39 is 0 Å². The summed E-state index contributed by atoms with van der Waals surface area (Å²) in [4.78, 5) is 2.36. The van der Waals surface area contributed by atoms with E-state index in [1.54, 1.807) is 0 Å². The first-order valence-electron chi connectivity index (χ1n) is 5.84. The van der Waals surface area contributed by atoms with Crippen LogP contribution < -0.4 is 4.90 Å². The predicted molar refractivity (Wildman–Crippen MR) is 65.0 cm³/mol. The molecule has 1 heterocycles. The van der Waals surface area contributed by atoms with Crippen LogP contribution in [0, 0.1) is 6.92 Å². The van der Waals surface area contributed by atoms with Crippen molar-refractivity contribution in [2.75, 3.05) is 37.8 Å². The van der Waals surface area contributed by atoms with Gasteiger partial charge in [-0.3, -0.25) is 0 Å². The molecule has 88 valence electrons. The fourth-order valence-corrected chi connectivity index (χ4v) is 2.13. The molecule has 1 aliphatic heterocycles. The molecule has 3 heteroatoms. The highest BCUT2D eigenvalue weighted by Crippen LogP contribution is 2.28. The Bertz CT molecular complexity index is 352. The minimum Gasteiger partial charge on any atom is -0.394 e. The van der Waals surface area contributed by atoms with E-state index in [4.69, 9.17) is 9.84 Å². The lowest BCUT2D eigenvalue weighted by atomic mass is 10.1. The number of fused-ring (bicyclic) bond motifs is 1. The lowest BCUT2D eigenvalue weighted by Crippen LogP contribution is -2.25. The van der Waals surface area contributed by atoms with Gasteiger partial charge < -0.3 is 14.7 Å². The van der Waals surface area contributed by atoms with Crippen LogP contribution in [-0.2, 0) is 11.2 Å². The van der Waals surface area contributed by atoms with Gasteiger partial charge in [-0.05, 0) is 30.5 Å². The van der Waals surface area contributed by atoms with Crippen LogP contribution >= 0.6 is 0 Å². The summed E-state index contributed by atoms with van der Waals surface area (Å²) in [6.45, 7) is 5.36. The Labute approximate surface area is 96.6 Å². The molecule has 0 saturated heterocycles. The van der Waals surface area contributed by atoms with Gasteiger partial charge in [0, 0.05) is 18.8 Å². The smallest absolute Gasteiger partial charge is 0.0698 e. The highest BCUT2D eigenvalue weighted by molar-refractivity contribution is 5.59. The molecule has 0 saturated carbocycles. The number of aryl methyl sites for hydroxylation is 1. The minimum atomic E-state index is 0.107. The molecule has 0 bridgehead atoms. The molecule has 1 aromatic rings. The molecule has 0 amide bonds. The number of hydrogen-bond donors (Lipinski definition) is 1. The van der Waals surface area contributed by atoms with Crippen molar-refractivity contribution in [2.45, 2.75) is 13.3 Å². The fourth-order valence-electron chi connectivity index (χ4n) is 2.13. The molecule has 3 nitrogen and oxygen atoms in total. The van der Waals surface area contributed by atoms with E-state index >= 15 is 0 Å². The van der Waals surface area contributed by atoms with Crippen molar-refractivity contribution in [3.05, 3.63) is 29.3 Å². The Morgan fingerprint density at radius 3 is 3.06 bits per heavy atom. The SMILES string of the molecule is Cc1ccc2c(c1)N(CCOCCO)CC2. The van der Waals surface area contributed by atoms with Crippen molar-refractivity contribution in [1.82, 2.24) is 0 Å². The molecule has 0 fully saturated rings. The number of rotatable bonds is 5. The number of ether oxygens (including phenoxy) is 1. The van der Waals surface area contributed by atoms with E-state index in [0.29, 0.717) is 13.2 Å². The van der Waals surface area contributed by atoms with E-state index in [9.17, 15) is 0 Å². The Kier molecular flexibility index (Phi) is 3.80. The van der Waals surface area contributed by atoms with Gasteiger partial charge in [-0.25, -0.2) is 0 Å². The molecular weight excluding hydrogens is 202 g/mol. The maximum absolute atomic E-state index is 8.61. The third-order valence-corrected chi connectivity index (χ3v) is 2.97. The van der Waals surface area contributed by atoms with Crippen LogP contribution in [-0.4, -0.2) is 38.0 Å². The van der Waals surface area contributed by atoms with Gasteiger partial charge >= 0.3 is 0 Å². The van der Waals surface area contributed by atoms with Gasteiger partial charge in [-0.1, -0.05) is 12.1 Å². The molecule has 0 spiro atoms. The second-order valence-electron chi connectivity index (χ2n) is 4.21. The number of nitrogens with zero attached hydrogens (tertiary/aromatic N) is 1. The summed E-state index contributed by atoms with van der Waals surface area (Å²) in [5.74, 6) is 0. The molecule has 0 aromatic heterocycles. The summed E-state index contributed by atoms with van der Waals surface area (Å²) in [6, 6.07) is 6.64. The lowest BCUT2D eigenvalue weighted by molar-refractivity contribution is 0.0968. The Hall–Kier alpha value is -1.06. The quantitative estimate of drug-likeness (QED) is 0.762. The molecule has 1 N–H and O–H groups in total. The summed E-state index contributed by atoms with van der Waals surface area (Å²) < 4.78 is 5.30. The molecule has 1 aromatic carbocycles. The van der Waals surface area contributed by atoms with E-state index in [1.165, 1.54) is 16.8 Å². The van der Waals surface area contributed by atoms with Crippen molar-refractivity contribution < 1.29 is 9.84 Å². The van der Waals surface area contributed by atoms with Crippen LogP contribution in [0.15, 0.2) is 18.2 Å². The number of aliphatic hydroxyl groups is 1. The second kappa shape index (κ2) is 5.32. The topological polar surface area (TPSA) is 32.7 Å². The van der Waals surface area contributed by atoms with Crippen LogP contribution in [0.2, 0.25) is 0 Å². The van der Waals surface area contributed by atoms with Crippen LogP contribution in [0.1, 0.15) is 11.1 Å². The standard InChI is InChI=1S/C13H19NO2/c1-11-2-3-12-4-5-14(13(12)10-11)6-8-16-9-7-15/h2-3,10,15H,4-9H2,1H3. The summed E-state index contributed by atoms with van der Waals surface area (Å²) in [5, 5.41) is 8.61. The maximum Gasteiger partial charge on any atom is 0.0698 e. The zero-order valence-corrected chi connectivity index (χ0v) is 9.78. The van der Waals surface area contributed by atoms with Gasteiger partial charge in [0.05, 0.1) is 19.8 Å². The van der Waals surface area contributed by atoms with Crippen LogP contribution in [0.4, 0.5) is 5.69 Å². The number of benzene rings is 1. The Balaban J connectivity index is 1.92. The van der Waals surface area contributed by atoms with Crippen molar-refractivity contribution in [3.63, 3.8) is 0 Å². The highest BCUT2D eigenvalue weighted by Gasteiger charge is 2.18. The summed E-state index contributed by atoms with van der Waals surface area (Å²) in [7, 11) is 0. The average Bonchev–Trinajstić information content (AvgIpc) is 2.67. The molecule has 16 heavy (non-hydrogen) atoms. The zero-order chi connectivity index (χ0) is 11.4. The normalized spacial score (nSPS) is 14.2. The third-order valence-electron chi connectivity index (χ3n) is 2.97. The molecule has 0 atom stereocenters. The molecule has 1 aliphatic rings. The largest absolute Gasteiger partial charge is 0.394 e. The zero-order valence-electron chi connectivity index (χ0n) is 9.78. The van der Waals surface area contributed by atoms with Crippen molar-refractivity contribution in [3.8, 4) is 0 Å². The second-order valence-corrected chi connectivity index (χ2v) is 4.21. The maximum atomic E-state index is 8.61. The summed E-state index contributed by atoms with van der Waals surface area (Å²) in [5.41, 5.74) is 4.10. The van der Waals surface area contributed by atoms with Gasteiger partial charge in [-0.2, -0.15) is 0 Å². The van der Waals surface area contributed by atoms with Gasteiger partial charge in [0.15, 0.2) is 0 Å². The van der Waals surface area contributed by atoms with E-state index in [2.05, 4.69) is 30.0 Å². The first-order chi connectivity index (χ1) is 7.81. The van der Waals surface area contributed by atoms with Crippen molar-refractivity contribution in [2.24, 2.45) is 0 Å². The molecule has 0 aliphatic carbocycles. The van der Waals surface area contributed by atoms with E-state index in [1.807, 2.05) is 0 Å². The predicted octanol–water partition coefficient (Wildman–Crippen LogP) is 1.37. The van der Waals surface area contributed by atoms with E-state index in [0.717, 1.165) is 19.5 Å². The van der Waals surface area contributed by atoms with Gasteiger partial charge in [-0.15, -0.1) is 0 Å². The fraction of sp³-hybridized carbons (Fsp3) is 0.538. The van der Waals surface area contributed by atoms with Crippen LogP contribution in [0.3, 0.4) is 0 Å². The Morgan fingerprint density at radius 2 is 2.25 bits per heavy atom. The van der Waals surface area contributed by atoms with E-state index in [-0.39, 0.29) is 6.61 Å². The van der Waals surface area contributed by atoms with Crippen molar-refractivity contribution >= 4 is 5.69 Å². The lowest BCUT2D eigenvalue weighted by Gasteiger charge is -2.19. The first kappa shape index (κ1) is 11.4.